The monoisotopic (exact) mass is 432 g/mol. The van der Waals surface area contributed by atoms with E-state index in [1.54, 1.807) is 36.6 Å². The summed E-state index contributed by atoms with van der Waals surface area (Å²) in [5.41, 5.74) is -0.451. The summed E-state index contributed by atoms with van der Waals surface area (Å²) in [6.45, 7) is 3.67. The first-order valence-electron chi connectivity index (χ1n) is 10.1. The Bertz CT molecular complexity index is 1020. The van der Waals surface area contributed by atoms with Crippen LogP contribution in [-0.4, -0.2) is 40.2 Å². The van der Waals surface area contributed by atoms with Gasteiger partial charge in [0.05, 0.1) is 29.8 Å². The van der Waals surface area contributed by atoms with Gasteiger partial charge < -0.3 is 9.73 Å². The Morgan fingerprint density at radius 3 is 2.52 bits per heavy atom. The van der Waals surface area contributed by atoms with Crippen LogP contribution in [0.4, 0.5) is 13.2 Å². The summed E-state index contributed by atoms with van der Waals surface area (Å²) in [6, 6.07) is 9.81. The van der Waals surface area contributed by atoms with Crippen LogP contribution in [0.5, 0.6) is 0 Å². The van der Waals surface area contributed by atoms with E-state index < -0.39 is 23.3 Å². The summed E-state index contributed by atoms with van der Waals surface area (Å²) in [7, 11) is 0. The summed E-state index contributed by atoms with van der Waals surface area (Å²) in [5, 5.41) is 6.52. The second-order valence-corrected chi connectivity index (χ2v) is 7.64. The van der Waals surface area contributed by atoms with Gasteiger partial charge in [-0.05, 0) is 57.1 Å². The van der Waals surface area contributed by atoms with Gasteiger partial charge in [0.1, 0.15) is 5.76 Å². The van der Waals surface area contributed by atoms with Crippen LogP contribution in [-0.2, 0) is 6.18 Å². The maximum atomic E-state index is 13.9. The maximum Gasteiger partial charge on any atom is 0.434 e. The smallest absolute Gasteiger partial charge is 0.434 e. The molecule has 0 spiro atoms. The van der Waals surface area contributed by atoms with E-state index in [4.69, 9.17) is 4.42 Å². The van der Waals surface area contributed by atoms with Gasteiger partial charge in [0, 0.05) is 6.54 Å². The predicted molar refractivity (Wildman–Crippen MR) is 108 cm³/mol. The fourth-order valence-electron chi connectivity index (χ4n) is 3.90. The van der Waals surface area contributed by atoms with E-state index in [1.807, 2.05) is 13.0 Å². The Hall–Kier alpha value is -3.07. The standard InChI is InChI=1S/C22H23F3N4O2/c1-15-6-8-16(9-7-15)29-20(22(23,24)25)17(13-27-29)21(30)26-14-18(19-5-4-12-31-19)28-10-2-3-11-28/h4-9,12-13,18H,2-3,10-11,14H2,1H3,(H,26,30). The van der Waals surface area contributed by atoms with Gasteiger partial charge in [0.25, 0.3) is 5.91 Å². The number of halogens is 3. The van der Waals surface area contributed by atoms with Gasteiger partial charge in [-0.2, -0.15) is 18.3 Å². The number of alkyl halides is 3. The Labute approximate surface area is 177 Å². The molecule has 1 saturated heterocycles. The minimum Gasteiger partial charge on any atom is -0.468 e. The lowest BCUT2D eigenvalue weighted by Gasteiger charge is -2.26. The van der Waals surface area contributed by atoms with Gasteiger partial charge in [0.15, 0.2) is 5.69 Å². The fraction of sp³-hybridized carbons (Fsp3) is 0.364. The van der Waals surface area contributed by atoms with E-state index in [1.165, 1.54) is 0 Å². The van der Waals surface area contributed by atoms with Gasteiger partial charge in [-0.3, -0.25) is 9.69 Å². The summed E-state index contributed by atoms with van der Waals surface area (Å²) < 4.78 is 47.9. The summed E-state index contributed by atoms with van der Waals surface area (Å²) in [6.07, 6.45) is -0.161. The van der Waals surface area contributed by atoms with Crippen LogP contribution >= 0.6 is 0 Å². The highest BCUT2D eigenvalue weighted by molar-refractivity contribution is 5.95. The summed E-state index contributed by atoms with van der Waals surface area (Å²) in [4.78, 5) is 15.0. The van der Waals surface area contributed by atoms with Gasteiger partial charge in [-0.1, -0.05) is 17.7 Å². The van der Waals surface area contributed by atoms with Gasteiger partial charge in [-0.15, -0.1) is 0 Å². The number of carbonyl (C=O) groups is 1. The van der Waals surface area contributed by atoms with E-state index in [0.29, 0.717) is 5.76 Å². The van der Waals surface area contributed by atoms with Crippen molar-refractivity contribution in [3.05, 3.63) is 71.4 Å². The molecule has 1 N–H and O–H groups in total. The molecule has 4 rings (SSSR count). The number of hydrogen-bond donors (Lipinski definition) is 1. The highest BCUT2D eigenvalue weighted by Crippen LogP contribution is 2.34. The topological polar surface area (TPSA) is 63.3 Å². The van der Waals surface area contributed by atoms with Crippen molar-refractivity contribution in [3.8, 4) is 5.69 Å². The Morgan fingerprint density at radius 2 is 1.90 bits per heavy atom. The Kier molecular flexibility index (Phi) is 5.86. The summed E-state index contributed by atoms with van der Waals surface area (Å²) >= 11 is 0. The van der Waals surface area contributed by atoms with Crippen molar-refractivity contribution in [2.24, 2.45) is 0 Å². The van der Waals surface area contributed by atoms with Crippen molar-refractivity contribution in [1.82, 2.24) is 20.0 Å². The number of hydrogen-bond acceptors (Lipinski definition) is 4. The number of nitrogens with zero attached hydrogens (tertiary/aromatic N) is 3. The molecule has 164 valence electrons. The number of amides is 1. The molecular formula is C22H23F3N4O2. The molecular weight excluding hydrogens is 409 g/mol. The fourth-order valence-corrected chi connectivity index (χ4v) is 3.90. The van der Waals surface area contributed by atoms with Crippen LogP contribution in [0.1, 0.15) is 46.3 Å². The summed E-state index contributed by atoms with van der Waals surface area (Å²) in [5.74, 6) is -0.143. The van der Waals surface area contributed by atoms with Crippen LogP contribution in [0.3, 0.4) is 0 Å². The van der Waals surface area contributed by atoms with Crippen molar-refractivity contribution in [3.63, 3.8) is 0 Å². The zero-order chi connectivity index (χ0) is 22.0. The number of rotatable bonds is 6. The van der Waals surface area contributed by atoms with Gasteiger partial charge in [-0.25, -0.2) is 4.68 Å². The first-order valence-corrected chi connectivity index (χ1v) is 10.1. The number of carbonyl (C=O) groups excluding carboxylic acids is 1. The molecule has 9 heteroatoms. The molecule has 1 fully saturated rings. The SMILES string of the molecule is Cc1ccc(-n2ncc(C(=O)NCC(c3ccco3)N3CCCC3)c2C(F)(F)F)cc1. The number of aryl methyl sites for hydroxylation is 1. The molecule has 31 heavy (non-hydrogen) atoms. The lowest BCUT2D eigenvalue weighted by Crippen LogP contribution is -2.37. The third-order valence-electron chi connectivity index (χ3n) is 5.47. The number of furan rings is 1. The second-order valence-electron chi connectivity index (χ2n) is 7.64. The first kappa shape index (κ1) is 21.2. The molecule has 6 nitrogen and oxygen atoms in total. The molecule has 1 unspecified atom stereocenters. The lowest BCUT2D eigenvalue weighted by atomic mass is 10.1. The Balaban J connectivity index is 1.58. The molecule has 1 amide bonds. The number of benzene rings is 1. The largest absolute Gasteiger partial charge is 0.468 e. The molecule has 3 heterocycles. The molecule has 0 radical (unpaired) electrons. The van der Waals surface area contributed by atoms with Crippen molar-refractivity contribution < 1.29 is 22.4 Å². The normalized spacial score (nSPS) is 15.9. The van der Waals surface area contributed by atoms with Gasteiger partial charge >= 0.3 is 6.18 Å². The molecule has 2 aromatic heterocycles. The molecule has 1 aliphatic heterocycles. The number of nitrogens with one attached hydrogen (secondary N) is 1. The highest BCUT2D eigenvalue weighted by atomic mass is 19.4. The molecule has 1 atom stereocenters. The van der Waals surface area contributed by atoms with E-state index in [0.717, 1.165) is 42.4 Å². The van der Waals surface area contributed by atoms with Crippen LogP contribution in [0.2, 0.25) is 0 Å². The second kappa shape index (κ2) is 8.58. The maximum absolute atomic E-state index is 13.9. The predicted octanol–water partition coefficient (Wildman–Crippen LogP) is 4.36. The lowest BCUT2D eigenvalue weighted by molar-refractivity contribution is -0.143. The molecule has 0 saturated carbocycles. The average molecular weight is 432 g/mol. The number of aromatic nitrogens is 2. The molecule has 0 bridgehead atoms. The Morgan fingerprint density at radius 1 is 1.19 bits per heavy atom. The van der Waals surface area contributed by atoms with Gasteiger partial charge in [0.2, 0.25) is 0 Å². The number of likely N-dealkylation sites (tertiary alicyclic amines) is 1. The average Bonchev–Trinajstić information content (AvgIpc) is 3.49. The highest BCUT2D eigenvalue weighted by Gasteiger charge is 2.40. The third kappa shape index (κ3) is 4.51. The van der Waals surface area contributed by atoms with Crippen LogP contribution in [0.25, 0.3) is 5.69 Å². The van der Waals surface area contributed by atoms with E-state index in [2.05, 4.69) is 15.3 Å². The molecule has 3 aromatic rings. The van der Waals surface area contributed by atoms with Crippen molar-refractivity contribution >= 4 is 5.91 Å². The van der Waals surface area contributed by atoms with Crippen LogP contribution < -0.4 is 5.32 Å². The minimum absolute atomic E-state index is 0.138. The van der Waals surface area contributed by atoms with Crippen molar-refractivity contribution in [1.29, 1.82) is 0 Å². The van der Waals surface area contributed by atoms with E-state index in [-0.39, 0.29) is 18.3 Å². The van der Waals surface area contributed by atoms with Crippen LogP contribution in [0.15, 0.2) is 53.3 Å². The molecule has 0 aliphatic carbocycles. The van der Waals surface area contributed by atoms with Crippen molar-refractivity contribution in [2.45, 2.75) is 32.0 Å². The first-order chi connectivity index (χ1) is 14.8. The minimum atomic E-state index is -4.75. The molecule has 1 aromatic carbocycles. The van der Waals surface area contributed by atoms with E-state index >= 15 is 0 Å². The van der Waals surface area contributed by atoms with Crippen LogP contribution in [0, 0.1) is 6.92 Å². The quantitative estimate of drug-likeness (QED) is 0.629. The van der Waals surface area contributed by atoms with E-state index in [9.17, 15) is 18.0 Å². The zero-order valence-electron chi connectivity index (χ0n) is 17.0. The zero-order valence-corrected chi connectivity index (χ0v) is 17.0. The third-order valence-corrected chi connectivity index (χ3v) is 5.47. The van der Waals surface area contributed by atoms with Crippen molar-refractivity contribution in [2.75, 3.05) is 19.6 Å². The molecule has 1 aliphatic rings.